The molecule has 0 aromatic carbocycles. The number of carboxylic acids is 1. The number of aliphatic hydroxyl groups excluding tert-OH is 1. The summed E-state index contributed by atoms with van der Waals surface area (Å²) in [6, 6.07) is 0. The zero-order chi connectivity index (χ0) is 14.3. The quantitative estimate of drug-likeness (QED) is 0.801. The number of aliphatic carboxylic acids is 1. The standard InChI is InChI=1S/C7H13NO2.C7H15NO.ClH/c1-8-4-2-6(3-5-8)7(9)10;1-8-4-2-7(6-9)3-5-8;/h6H,2-5H2,1H3,(H,9,10);7,9H,2-6H2,1H3;1H. The number of aliphatic hydroxyl groups is 1. The van der Waals surface area contributed by atoms with E-state index in [1.54, 1.807) is 0 Å². The fourth-order valence-electron chi connectivity index (χ4n) is 2.50. The summed E-state index contributed by atoms with van der Waals surface area (Å²) in [5, 5.41) is 17.4. The molecule has 0 bridgehead atoms. The second-order valence-corrected chi connectivity index (χ2v) is 5.85. The molecule has 2 fully saturated rings. The van der Waals surface area contributed by atoms with Crippen LogP contribution in [0, 0.1) is 11.8 Å². The van der Waals surface area contributed by atoms with Gasteiger partial charge in [-0.2, -0.15) is 0 Å². The van der Waals surface area contributed by atoms with Gasteiger partial charge in [-0.05, 0) is 71.9 Å². The lowest BCUT2D eigenvalue weighted by molar-refractivity contribution is -0.143. The van der Waals surface area contributed by atoms with E-state index in [0.717, 1.165) is 39.0 Å². The van der Waals surface area contributed by atoms with E-state index in [1.807, 2.05) is 7.05 Å². The summed E-state index contributed by atoms with van der Waals surface area (Å²) < 4.78 is 0. The molecule has 2 N–H and O–H groups in total. The van der Waals surface area contributed by atoms with Gasteiger partial charge in [0.1, 0.15) is 0 Å². The van der Waals surface area contributed by atoms with Gasteiger partial charge in [-0.3, -0.25) is 4.79 Å². The van der Waals surface area contributed by atoms with Gasteiger partial charge >= 0.3 is 5.97 Å². The molecule has 20 heavy (non-hydrogen) atoms. The molecule has 2 heterocycles. The van der Waals surface area contributed by atoms with Gasteiger partial charge in [0.05, 0.1) is 5.92 Å². The topological polar surface area (TPSA) is 64.0 Å². The molecule has 0 spiro atoms. The number of carbonyl (C=O) groups is 1. The van der Waals surface area contributed by atoms with Gasteiger partial charge in [-0.1, -0.05) is 0 Å². The van der Waals surface area contributed by atoms with E-state index in [4.69, 9.17) is 10.2 Å². The lowest BCUT2D eigenvalue weighted by atomic mass is 9.98. The minimum atomic E-state index is -0.631. The Morgan fingerprint density at radius 2 is 1.40 bits per heavy atom. The predicted molar refractivity (Wildman–Crippen MR) is 82.4 cm³/mol. The fourth-order valence-corrected chi connectivity index (χ4v) is 2.50. The molecule has 0 amide bonds. The highest BCUT2D eigenvalue weighted by molar-refractivity contribution is 5.85. The number of hydrogen-bond donors (Lipinski definition) is 2. The number of hydrogen-bond acceptors (Lipinski definition) is 4. The molecule has 5 nitrogen and oxygen atoms in total. The van der Waals surface area contributed by atoms with Crippen LogP contribution in [0.4, 0.5) is 0 Å². The van der Waals surface area contributed by atoms with Crippen molar-refractivity contribution in [2.75, 3.05) is 46.9 Å². The van der Waals surface area contributed by atoms with Gasteiger partial charge in [0, 0.05) is 6.61 Å². The van der Waals surface area contributed by atoms with E-state index in [0.29, 0.717) is 12.5 Å². The van der Waals surface area contributed by atoms with E-state index in [-0.39, 0.29) is 18.3 Å². The number of halogens is 1. The Hall–Kier alpha value is -0.360. The molecule has 2 aliphatic rings. The maximum atomic E-state index is 10.4. The Kier molecular flexibility index (Phi) is 10.2. The number of carboxylic acid groups (broad SMARTS) is 1. The highest BCUT2D eigenvalue weighted by Gasteiger charge is 2.22. The second kappa shape index (κ2) is 10.4. The van der Waals surface area contributed by atoms with Crippen LogP contribution < -0.4 is 0 Å². The summed E-state index contributed by atoms with van der Waals surface area (Å²) in [5.74, 6) is -0.134. The maximum absolute atomic E-state index is 10.4. The summed E-state index contributed by atoms with van der Waals surface area (Å²) >= 11 is 0. The molecule has 0 unspecified atom stereocenters. The molecule has 0 aromatic rings. The van der Waals surface area contributed by atoms with Gasteiger partial charge in [0.15, 0.2) is 0 Å². The Bertz CT molecular complexity index is 263. The average molecular weight is 309 g/mol. The number of likely N-dealkylation sites (tertiary alicyclic amines) is 2. The molecular weight excluding hydrogens is 280 g/mol. The molecule has 2 aliphatic heterocycles. The lowest BCUT2D eigenvalue weighted by Gasteiger charge is -2.27. The van der Waals surface area contributed by atoms with Crippen LogP contribution in [0.3, 0.4) is 0 Å². The van der Waals surface area contributed by atoms with E-state index in [1.165, 1.54) is 12.8 Å². The van der Waals surface area contributed by atoms with Gasteiger partial charge in [0.25, 0.3) is 0 Å². The molecular formula is C14H29ClN2O3. The minimum Gasteiger partial charge on any atom is -0.481 e. The molecule has 0 aromatic heterocycles. The summed E-state index contributed by atoms with van der Waals surface area (Å²) in [7, 11) is 4.16. The number of rotatable bonds is 2. The van der Waals surface area contributed by atoms with Gasteiger partial charge in [-0.25, -0.2) is 0 Å². The third kappa shape index (κ3) is 7.43. The van der Waals surface area contributed by atoms with Crippen molar-refractivity contribution in [3.63, 3.8) is 0 Å². The first-order chi connectivity index (χ1) is 9.02. The van der Waals surface area contributed by atoms with Crippen LogP contribution >= 0.6 is 12.4 Å². The molecule has 0 radical (unpaired) electrons. The van der Waals surface area contributed by atoms with E-state index in [2.05, 4.69) is 16.8 Å². The molecule has 0 saturated carbocycles. The van der Waals surface area contributed by atoms with Crippen molar-refractivity contribution in [1.82, 2.24) is 9.80 Å². The van der Waals surface area contributed by atoms with Crippen LogP contribution in [0.2, 0.25) is 0 Å². The van der Waals surface area contributed by atoms with Gasteiger partial charge in [0.2, 0.25) is 0 Å². The summed E-state index contributed by atoms with van der Waals surface area (Å²) in [6.07, 6.45) is 3.97. The molecule has 6 heteroatoms. The Morgan fingerprint density at radius 1 is 1.00 bits per heavy atom. The zero-order valence-electron chi connectivity index (χ0n) is 12.6. The first kappa shape index (κ1) is 19.6. The fraction of sp³-hybridized carbons (Fsp3) is 0.929. The van der Waals surface area contributed by atoms with Crippen LogP contribution in [0.1, 0.15) is 25.7 Å². The normalized spacial score (nSPS) is 22.6. The van der Waals surface area contributed by atoms with Crippen LogP contribution in [-0.4, -0.2) is 72.9 Å². The average Bonchev–Trinajstić information content (AvgIpc) is 2.41. The summed E-state index contributed by atoms with van der Waals surface area (Å²) in [6.45, 7) is 4.55. The third-order valence-corrected chi connectivity index (χ3v) is 4.16. The molecule has 120 valence electrons. The van der Waals surface area contributed by atoms with Crippen LogP contribution in [0.25, 0.3) is 0 Å². The van der Waals surface area contributed by atoms with Crippen LogP contribution in [0.5, 0.6) is 0 Å². The van der Waals surface area contributed by atoms with Crippen molar-refractivity contribution in [2.45, 2.75) is 25.7 Å². The molecule has 2 rings (SSSR count). The smallest absolute Gasteiger partial charge is 0.306 e. The minimum absolute atomic E-state index is 0. The molecule has 0 atom stereocenters. The Balaban J connectivity index is 0.000000345. The Labute approximate surface area is 128 Å². The number of nitrogens with zero attached hydrogens (tertiary/aromatic N) is 2. The molecule has 2 saturated heterocycles. The van der Waals surface area contributed by atoms with Crippen molar-refractivity contribution in [3.05, 3.63) is 0 Å². The monoisotopic (exact) mass is 308 g/mol. The van der Waals surface area contributed by atoms with Crippen molar-refractivity contribution in [3.8, 4) is 0 Å². The second-order valence-electron chi connectivity index (χ2n) is 5.85. The van der Waals surface area contributed by atoms with E-state index in [9.17, 15) is 4.79 Å². The maximum Gasteiger partial charge on any atom is 0.306 e. The highest BCUT2D eigenvalue weighted by atomic mass is 35.5. The Morgan fingerprint density at radius 3 is 1.75 bits per heavy atom. The van der Waals surface area contributed by atoms with Crippen molar-refractivity contribution in [1.29, 1.82) is 0 Å². The van der Waals surface area contributed by atoms with Crippen molar-refractivity contribution >= 4 is 18.4 Å². The summed E-state index contributed by atoms with van der Waals surface area (Å²) in [5.41, 5.74) is 0. The third-order valence-electron chi connectivity index (χ3n) is 4.16. The van der Waals surface area contributed by atoms with Crippen molar-refractivity contribution < 1.29 is 15.0 Å². The van der Waals surface area contributed by atoms with Crippen LogP contribution in [-0.2, 0) is 4.79 Å². The first-order valence-electron chi connectivity index (χ1n) is 7.23. The van der Waals surface area contributed by atoms with Gasteiger partial charge in [-0.15, -0.1) is 12.4 Å². The largest absolute Gasteiger partial charge is 0.481 e. The lowest BCUT2D eigenvalue weighted by Crippen LogP contribution is -2.33. The van der Waals surface area contributed by atoms with Gasteiger partial charge < -0.3 is 20.0 Å². The molecule has 0 aliphatic carbocycles. The van der Waals surface area contributed by atoms with Crippen LogP contribution in [0.15, 0.2) is 0 Å². The van der Waals surface area contributed by atoms with Crippen molar-refractivity contribution in [2.24, 2.45) is 11.8 Å². The number of piperidine rings is 2. The zero-order valence-corrected chi connectivity index (χ0v) is 13.4. The predicted octanol–water partition coefficient (Wildman–Crippen LogP) is 1.16. The van der Waals surface area contributed by atoms with E-state index < -0.39 is 5.97 Å². The highest BCUT2D eigenvalue weighted by Crippen LogP contribution is 2.15. The van der Waals surface area contributed by atoms with E-state index >= 15 is 0 Å². The SMILES string of the molecule is CN1CCC(C(=O)O)CC1.CN1CCC(CO)CC1.Cl. The summed E-state index contributed by atoms with van der Waals surface area (Å²) in [4.78, 5) is 14.9. The first-order valence-corrected chi connectivity index (χ1v) is 7.23.